The highest BCUT2D eigenvalue weighted by molar-refractivity contribution is 5.78. The third kappa shape index (κ3) is 5.39. The van der Waals surface area contributed by atoms with Crippen molar-refractivity contribution in [3.05, 3.63) is 41.2 Å². The fraction of sp³-hybridized carbons (Fsp3) is 0.500. The molecule has 7 heteroatoms. The van der Waals surface area contributed by atoms with Crippen LogP contribution in [0.3, 0.4) is 0 Å². The number of aryl methyl sites for hydroxylation is 1. The molecular formula is C20H28N6O. The highest BCUT2D eigenvalue weighted by atomic mass is 16.1. The first-order chi connectivity index (χ1) is 13.0. The fourth-order valence-corrected chi connectivity index (χ4v) is 3.16. The fourth-order valence-electron chi connectivity index (χ4n) is 3.16. The summed E-state index contributed by atoms with van der Waals surface area (Å²) in [5, 5.41) is 2.93. The summed E-state index contributed by atoms with van der Waals surface area (Å²) >= 11 is 0. The Morgan fingerprint density at radius 3 is 2.63 bits per heavy atom. The van der Waals surface area contributed by atoms with E-state index in [1.54, 1.807) is 0 Å². The van der Waals surface area contributed by atoms with Crippen LogP contribution in [0.4, 0.5) is 11.9 Å². The number of nitrogens with zero attached hydrogens (tertiary/aromatic N) is 5. The highest BCUT2D eigenvalue weighted by Gasteiger charge is 2.17. The number of benzene rings is 1. The lowest BCUT2D eigenvalue weighted by molar-refractivity contribution is -0.120. The zero-order valence-corrected chi connectivity index (χ0v) is 16.4. The van der Waals surface area contributed by atoms with Crippen LogP contribution in [0.2, 0.25) is 0 Å². The predicted octanol–water partition coefficient (Wildman–Crippen LogP) is 2.10. The maximum atomic E-state index is 12.3. The molecule has 1 amide bonds. The van der Waals surface area contributed by atoms with Gasteiger partial charge in [-0.05, 0) is 31.7 Å². The van der Waals surface area contributed by atoms with E-state index in [1.165, 1.54) is 6.42 Å². The van der Waals surface area contributed by atoms with Gasteiger partial charge in [-0.1, -0.05) is 29.8 Å². The number of carbonyl (C=O) groups is 1. The molecule has 144 valence electrons. The summed E-state index contributed by atoms with van der Waals surface area (Å²) in [4.78, 5) is 30.0. The van der Waals surface area contributed by atoms with Crippen LogP contribution in [0.25, 0.3) is 0 Å². The van der Waals surface area contributed by atoms with Crippen LogP contribution >= 0.6 is 0 Å². The molecule has 27 heavy (non-hydrogen) atoms. The van der Waals surface area contributed by atoms with E-state index < -0.39 is 0 Å². The van der Waals surface area contributed by atoms with Crippen LogP contribution in [-0.4, -0.2) is 48.0 Å². The van der Waals surface area contributed by atoms with Crippen LogP contribution < -0.4 is 15.1 Å². The van der Waals surface area contributed by atoms with Crippen molar-refractivity contribution < 1.29 is 4.79 Å². The van der Waals surface area contributed by atoms with Gasteiger partial charge in [-0.3, -0.25) is 4.79 Å². The van der Waals surface area contributed by atoms with Gasteiger partial charge in [0.2, 0.25) is 17.8 Å². The molecule has 0 atom stereocenters. The van der Waals surface area contributed by atoms with Gasteiger partial charge in [0.25, 0.3) is 0 Å². The van der Waals surface area contributed by atoms with Gasteiger partial charge in [-0.25, -0.2) is 0 Å². The van der Waals surface area contributed by atoms with Crippen molar-refractivity contribution in [2.45, 2.75) is 39.2 Å². The molecule has 2 aromatic rings. The quantitative estimate of drug-likeness (QED) is 0.842. The number of anilines is 2. The van der Waals surface area contributed by atoms with Crippen molar-refractivity contribution in [2.75, 3.05) is 37.0 Å². The Hall–Kier alpha value is -2.70. The molecule has 1 aliphatic rings. The van der Waals surface area contributed by atoms with Gasteiger partial charge >= 0.3 is 0 Å². The number of nitrogens with one attached hydrogen (secondary N) is 1. The number of piperidine rings is 1. The molecule has 0 radical (unpaired) electrons. The lowest BCUT2D eigenvalue weighted by Gasteiger charge is -2.27. The number of amides is 1. The molecule has 0 bridgehead atoms. The summed E-state index contributed by atoms with van der Waals surface area (Å²) in [6, 6.07) is 7.99. The van der Waals surface area contributed by atoms with Crippen molar-refractivity contribution in [3.8, 4) is 0 Å². The summed E-state index contributed by atoms with van der Waals surface area (Å²) in [6.07, 6.45) is 3.92. The Kier molecular flexibility index (Phi) is 6.21. The maximum absolute atomic E-state index is 12.3. The SMILES string of the molecule is Cc1cccc(CC(=O)NCc2nc(N(C)C)nc(N3CCCCC3)n2)c1. The van der Waals surface area contributed by atoms with Gasteiger partial charge < -0.3 is 15.1 Å². The minimum atomic E-state index is -0.0352. The molecule has 1 aliphatic heterocycles. The Morgan fingerprint density at radius 1 is 1.15 bits per heavy atom. The molecule has 0 saturated carbocycles. The second-order valence-corrected chi connectivity index (χ2v) is 7.24. The first-order valence-corrected chi connectivity index (χ1v) is 9.51. The second kappa shape index (κ2) is 8.79. The van der Waals surface area contributed by atoms with E-state index in [4.69, 9.17) is 0 Å². The second-order valence-electron chi connectivity index (χ2n) is 7.24. The van der Waals surface area contributed by atoms with Gasteiger partial charge in [0.15, 0.2) is 5.82 Å². The zero-order valence-electron chi connectivity index (χ0n) is 16.4. The van der Waals surface area contributed by atoms with Gasteiger partial charge in [0, 0.05) is 27.2 Å². The number of hydrogen-bond donors (Lipinski definition) is 1. The van der Waals surface area contributed by atoms with E-state index in [-0.39, 0.29) is 5.91 Å². The molecule has 2 heterocycles. The highest BCUT2D eigenvalue weighted by Crippen LogP contribution is 2.18. The minimum Gasteiger partial charge on any atom is -0.349 e. The average molecular weight is 368 g/mol. The zero-order chi connectivity index (χ0) is 19.2. The number of carbonyl (C=O) groups excluding carboxylic acids is 1. The molecule has 1 N–H and O–H groups in total. The Bertz CT molecular complexity index is 786. The van der Waals surface area contributed by atoms with Gasteiger partial charge in [0.1, 0.15) is 0 Å². The summed E-state index contributed by atoms with van der Waals surface area (Å²) in [5.74, 6) is 1.88. The Balaban J connectivity index is 1.67. The lowest BCUT2D eigenvalue weighted by atomic mass is 10.1. The molecule has 0 aliphatic carbocycles. The molecule has 1 aromatic carbocycles. The summed E-state index contributed by atoms with van der Waals surface area (Å²) in [6.45, 7) is 4.26. The van der Waals surface area contributed by atoms with E-state index in [0.717, 1.165) is 37.1 Å². The molecule has 7 nitrogen and oxygen atoms in total. The Labute approximate surface area is 160 Å². The first kappa shape index (κ1) is 19.1. The van der Waals surface area contributed by atoms with Crippen molar-refractivity contribution in [2.24, 2.45) is 0 Å². The van der Waals surface area contributed by atoms with Gasteiger partial charge in [0.05, 0.1) is 13.0 Å². The molecule has 0 spiro atoms. The predicted molar refractivity (Wildman–Crippen MR) is 107 cm³/mol. The Morgan fingerprint density at radius 2 is 1.93 bits per heavy atom. The first-order valence-electron chi connectivity index (χ1n) is 9.51. The third-order valence-corrected chi connectivity index (χ3v) is 4.59. The van der Waals surface area contributed by atoms with Crippen LogP contribution in [0, 0.1) is 6.92 Å². The molecule has 0 unspecified atom stereocenters. The third-order valence-electron chi connectivity index (χ3n) is 4.59. The summed E-state index contributed by atoms with van der Waals surface area (Å²) in [7, 11) is 3.82. The topological polar surface area (TPSA) is 74.2 Å². The van der Waals surface area contributed by atoms with E-state index in [2.05, 4.69) is 25.2 Å². The molecular weight excluding hydrogens is 340 g/mol. The average Bonchev–Trinajstić information content (AvgIpc) is 2.67. The van der Waals surface area contributed by atoms with E-state index in [9.17, 15) is 4.79 Å². The molecule has 1 fully saturated rings. The number of hydrogen-bond acceptors (Lipinski definition) is 6. The van der Waals surface area contributed by atoms with Gasteiger partial charge in [-0.2, -0.15) is 15.0 Å². The van der Waals surface area contributed by atoms with E-state index in [0.29, 0.717) is 30.7 Å². The summed E-state index contributed by atoms with van der Waals surface area (Å²) < 4.78 is 0. The number of aromatic nitrogens is 3. The van der Waals surface area contributed by atoms with Crippen molar-refractivity contribution in [1.82, 2.24) is 20.3 Å². The molecule has 1 aromatic heterocycles. The van der Waals surface area contributed by atoms with Gasteiger partial charge in [-0.15, -0.1) is 0 Å². The van der Waals surface area contributed by atoms with Crippen molar-refractivity contribution >= 4 is 17.8 Å². The van der Waals surface area contributed by atoms with Crippen LogP contribution in [0.15, 0.2) is 24.3 Å². The standard InChI is InChI=1S/C20H28N6O/c1-15-8-7-9-16(12-15)13-18(27)21-14-17-22-19(25(2)3)24-20(23-17)26-10-5-4-6-11-26/h7-9,12H,4-6,10-11,13-14H2,1-3H3,(H,21,27). The van der Waals surface area contributed by atoms with E-state index >= 15 is 0 Å². The summed E-state index contributed by atoms with van der Waals surface area (Å²) in [5.41, 5.74) is 2.16. The minimum absolute atomic E-state index is 0.0352. The van der Waals surface area contributed by atoms with Crippen LogP contribution in [0.5, 0.6) is 0 Å². The molecule has 3 rings (SSSR count). The monoisotopic (exact) mass is 368 g/mol. The van der Waals surface area contributed by atoms with Crippen LogP contribution in [0.1, 0.15) is 36.2 Å². The van der Waals surface area contributed by atoms with Crippen molar-refractivity contribution in [1.29, 1.82) is 0 Å². The normalized spacial score (nSPS) is 14.1. The lowest BCUT2D eigenvalue weighted by Crippen LogP contribution is -2.33. The molecule has 1 saturated heterocycles. The van der Waals surface area contributed by atoms with Crippen molar-refractivity contribution in [3.63, 3.8) is 0 Å². The largest absolute Gasteiger partial charge is 0.349 e. The maximum Gasteiger partial charge on any atom is 0.230 e. The smallest absolute Gasteiger partial charge is 0.230 e. The van der Waals surface area contributed by atoms with Crippen LogP contribution in [-0.2, 0) is 17.8 Å². The number of rotatable bonds is 6. The van der Waals surface area contributed by atoms with E-state index in [1.807, 2.05) is 50.2 Å².